The highest BCUT2D eigenvalue weighted by molar-refractivity contribution is 6.08. The van der Waals surface area contributed by atoms with Gasteiger partial charge in [-0.2, -0.15) is 18.3 Å². The molecule has 2 aromatic carbocycles. The average molecular weight is 430 g/mol. The molecule has 0 atom stereocenters. The molecule has 0 saturated carbocycles. The molecule has 0 aliphatic carbocycles. The zero-order chi connectivity index (χ0) is 22.8. The Balaban J connectivity index is 2.02. The highest BCUT2D eigenvalue weighted by Crippen LogP contribution is 2.30. The lowest BCUT2D eigenvalue weighted by Gasteiger charge is -2.14. The van der Waals surface area contributed by atoms with Crippen LogP contribution >= 0.6 is 0 Å². The summed E-state index contributed by atoms with van der Waals surface area (Å²) in [6, 6.07) is 11.6. The van der Waals surface area contributed by atoms with Gasteiger partial charge in [-0.15, -0.1) is 0 Å². The fourth-order valence-electron chi connectivity index (χ4n) is 2.89. The zero-order valence-electron chi connectivity index (χ0n) is 16.4. The van der Waals surface area contributed by atoms with E-state index >= 15 is 0 Å². The van der Waals surface area contributed by atoms with E-state index < -0.39 is 34.7 Å². The van der Waals surface area contributed by atoms with E-state index in [4.69, 9.17) is 0 Å². The van der Waals surface area contributed by atoms with Crippen molar-refractivity contribution in [3.8, 4) is 5.69 Å². The van der Waals surface area contributed by atoms with E-state index in [1.807, 2.05) is 0 Å². The van der Waals surface area contributed by atoms with E-state index in [1.165, 1.54) is 38.2 Å². The molecule has 1 heterocycles. The van der Waals surface area contributed by atoms with Crippen molar-refractivity contribution in [2.24, 2.45) is 0 Å². The van der Waals surface area contributed by atoms with Gasteiger partial charge in [-0.3, -0.25) is 14.4 Å². The number of halogens is 3. The number of carbonyl (C=O) groups is 2. The number of rotatable bonds is 4. The van der Waals surface area contributed by atoms with Crippen molar-refractivity contribution in [2.75, 3.05) is 12.4 Å². The van der Waals surface area contributed by atoms with Crippen molar-refractivity contribution in [3.63, 3.8) is 0 Å². The van der Waals surface area contributed by atoms with Gasteiger partial charge in [-0.05, 0) is 37.3 Å². The maximum absolute atomic E-state index is 13.1. The lowest BCUT2D eigenvalue weighted by molar-refractivity contribution is -0.137. The van der Waals surface area contributed by atoms with Gasteiger partial charge in [0.25, 0.3) is 11.8 Å². The molecule has 0 radical (unpaired) electrons. The standard InChI is InChI=1S/C21H17F3N4O3/c1-12-10-17(29)18(20(31)26-16-9-4-3-8-15(16)19(30)25-2)27-28(12)14-7-5-6-13(11-14)21(22,23)24/h3-11H,1-2H3,(H,25,30)(H,26,31). The Morgan fingerprint density at radius 3 is 2.39 bits per heavy atom. The van der Waals surface area contributed by atoms with Crippen molar-refractivity contribution in [1.82, 2.24) is 15.1 Å². The number of anilines is 1. The fraction of sp³-hybridized carbons (Fsp3) is 0.143. The number of nitrogens with zero attached hydrogens (tertiary/aromatic N) is 2. The largest absolute Gasteiger partial charge is 0.416 e. The van der Waals surface area contributed by atoms with Crippen LogP contribution in [0.15, 0.2) is 59.4 Å². The van der Waals surface area contributed by atoms with Gasteiger partial charge in [-0.25, -0.2) is 4.68 Å². The lowest BCUT2D eigenvalue weighted by atomic mass is 10.1. The van der Waals surface area contributed by atoms with Crippen LogP contribution in [0.1, 0.15) is 32.1 Å². The predicted octanol–water partition coefficient (Wildman–Crippen LogP) is 3.17. The molecule has 0 fully saturated rings. The van der Waals surface area contributed by atoms with Gasteiger partial charge < -0.3 is 10.6 Å². The molecular weight excluding hydrogens is 413 g/mol. The third-order valence-electron chi connectivity index (χ3n) is 4.39. The van der Waals surface area contributed by atoms with Crippen LogP contribution in [0.3, 0.4) is 0 Å². The maximum Gasteiger partial charge on any atom is 0.416 e. The summed E-state index contributed by atoms with van der Waals surface area (Å²) in [5, 5.41) is 8.88. The van der Waals surface area contributed by atoms with Gasteiger partial charge in [0.1, 0.15) is 0 Å². The van der Waals surface area contributed by atoms with Gasteiger partial charge in [0.05, 0.1) is 22.5 Å². The highest BCUT2D eigenvalue weighted by atomic mass is 19.4. The third kappa shape index (κ3) is 4.63. The topological polar surface area (TPSA) is 93.1 Å². The van der Waals surface area contributed by atoms with E-state index in [-0.39, 0.29) is 22.6 Å². The van der Waals surface area contributed by atoms with Crippen LogP contribution in [0.2, 0.25) is 0 Å². The first-order chi connectivity index (χ1) is 14.6. The molecule has 0 saturated heterocycles. The van der Waals surface area contributed by atoms with Crippen LogP contribution < -0.4 is 16.1 Å². The van der Waals surface area contributed by atoms with Gasteiger partial charge in [0, 0.05) is 18.8 Å². The second-order valence-corrected chi connectivity index (χ2v) is 6.54. The van der Waals surface area contributed by atoms with Gasteiger partial charge in [-0.1, -0.05) is 18.2 Å². The van der Waals surface area contributed by atoms with Crippen LogP contribution in [-0.2, 0) is 6.18 Å². The number of hydrogen-bond donors (Lipinski definition) is 2. The smallest absolute Gasteiger partial charge is 0.355 e. The monoisotopic (exact) mass is 430 g/mol. The van der Waals surface area contributed by atoms with E-state index in [9.17, 15) is 27.6 Å². The summed E-state index contributed by atoms with van der Waals surface area (Å²) in [5.41, 5.74) is -1.54. The van der Waals surface area contributed by atoms with Gasteiger partial charge >= 0.3 is 6.18 Å². The minimum Gasteiger partial charge on any atom is -0.355 e. The summed E-state index contributed by atoms with van der Waals surface area (Å²) in [6.45, 7) is 1.48. The molecule has 0 aliphatic rings. The Hall–Kier alpha value is -3.95. The SMILES string of the molecule is CNC(=O)c1ccccc1NC(=O)c1nn(-c2cccc(C(F)(F)F)c2)c(C)cc1=O. The van der Waals surface area contributed by atoms with Crippen LogP contribution in [-0.4, -0.2) is 28.6 Å². The van der Waals surface area contributed by atoms with Gasteiger partial charge in [0.2, 0.25) is 5.43 Å². The first-order valence-electron chi connectivity index (χ1n) is 9.03. The summed E-state index contributed by atoms with van der Waals surface area (Å²) in [6.07, 6.45) is -4.56. The number of amides is 2. The fourth-order valence-corrected chi connectivity index (χ4v) is 2.89. The number of alkyl halides is 3. The second kappa shape index (κ2) is 8.42. The molecule has 2 N–H and O–H groups in total. The minimum atomic E-state index is -4.56. The van der Waals surface area contributed by atoms with Gasteiger partial charge in [0.15, 0.2) is 5.69 Å². The predicted molar refractivity (Wildman–Crippen MR) is 107 cm³/mol. The quantitative estimate of drug-likeness (QED) is 0.665. The number of aryl methyl sites for hydroxylation is 1. The number of benzene rings is 2. The minimum absolute atomic E-state index is 0.0344. The Kier molecular flexibility index (Phi) is 5.91. The van der Waals surface area contributed by atoms with Crippen LogP contribution in [0, 0.1) is 6.92 Å². The van der Waals surface area contributed by atoms with Crippen LogP contribution in [0.4, 0.5) is 18.9 Å². The number of hydrogen-bond acceptors (Lipinski definition) is 4. The summed E-state index contributed by atoms with van der Waals surface area (Å²) in [5.74, 6) is -1.35. The Bertz CT molecular complexity index is 1220. The van der Waals surface area contributed by atoms with E-state index in [1.54, 1.807) is 12.1 Å². The summed E-state index contributed by atoms with van der Waals surface area (Å²) >= 11 is 0. The third-order valence-corrected chi connectivity index (χ3v) is 4.39. The number of para-hydroxylation sites is 1. The van der Waals surface area contributed by atoms with E-state index in [0.29, 0.717) is 0 Å². The normalized spacial score (nSPS) is 11.1. The average Bonchev–Trinajstić information content (AvgIpc) is 2.73. The van der Waals surface area contributed by atoms with E-state index in [2.05, 4.69) is 15.7 Å². The molecule has 0 bridgehead atoms. The van der Waals surface area contributed by atoms with Crippen molar-refractivity contribution in [2.45, 2.75) is 13.1 Å². The van der Waals surface area contributed by atoms with E-state index in [0.717, 1.165) is 22.9 Å². The maximum atomic E-state index is 13.1. The molecule has 2 amide bonds. The Morgan fingerprint density at radius 1 is 1.00 bits per heavy atom. The summed E-state index contributed by atoms with van der Waals surface area (Å²) in [7, 11) is 1.43. The molecule has 3 rings (SSSR count). The molecule has 0 aliphatic heterocycles. The van der Waals surface area contributed by atoms with Crippen molar-refractivity contribution >= 4 is 17.5 Å². The summed E-state index contributed by atoms with van der Waals surface area (Å²) < 4.78 is 40.2. The molecule has 3 aromatic rings. The number of carbonyl (C=O) groups excluding carboxylic acids is 2. The van der Waals surface area contributed by atoms with Crippen molar-refractivity contribution < 1.29 is 22.8 Å². The molecule has 31 heavy (non-hydrogen) atoms. The van der Waals surface area contributed by atoms with Crippen molar-refractivity contribution in [3.05, 3.63) is 87.3 Å². The second-order valence-electron chi connectivity index (χ2n) is 6.54. The molecule has 160 valence electrons. The zero-order valence-corrected chi connectivity index (χ0v) is 16.4. The number of nitrogens with one attached hydrogen (secondary N) is 2. The van der Waals surface area contributed by atoms with Crippen LogP contribution in [0.5, 0.6) is 0 Å². The molecule has 10 heteroatoms. The highest BCUT2D eigenvalue weighted by Gasteiger charge is 2.30. The molecule has 0 unspecified atom stereocenters. The molecule has 1 aromatic heterocycles. The molecule has 7 nitrogen and oxygen atoms in total. The lowest BCUT2D eigenvalue weighted by Crippen LogP contribution is -2.28. The number of aromatic nitrogens is 2. The first-order valence-corrected chi connectivity index (χ1v) is 9.03. The van der Waals surface area contributed by atoms with Crippen LogP contribution in [0.25, 0.3) is 5.69 Å². The Morgan fingerprint density at radius 2 is 1.71 bits per heavy atom. The summed E-state index contributed by atoms with van der Waals surface area (Å²) in [4.78, 5) is 37.1. The Labute approximate surface area is 174 Å². The van der Waals surface area contributed by atoms with Crippen molar-refractivity contribution in [1.29, 1.82) is 0 Å². The molecular formula is C21H17F3N4O3. The molecule has 0 spiro atoms. The first kappa shape index (κ1) is 21.8.